The summed E-state index contributed by atoms with van der Waals surface area (Å²) in [4.78, 5) is 28.7. The van der Waals surface area contributed by atoms with Gasteiger partial charge in [-0.25, -0.2) is 0 Å². The Labute approximate surface area is 132 Å². The van der Waals surface area contributed by atoms with Gasteiger partial charge < -0.3 is 9.80 Å². The van der Waals surface area contributed by atoms with Gasteiger partial charge in [0.1, 0.15) is 0 Å². The molecule has 1 unspecified atom stereocenters. The summed E-state index contributed by atoms with van der Waals surface area (Å²) in [6, 6.07) is 8.15. The fraction of sp³-hybridized carbons (Fsp3) is 0.556. The highest BCUT2D eigenvalue weighted by Gasteiger charge is 2.36. The van der Waals surface area contributed by atoms with Crippen LogP contribution in [0.15, 0.2) is 24.3 Å². The molecule has 1 aromatic carbocycles. The molecule has 3 rings (SSSR count). The van der Waals surface area contributed by atoms with Gasteiger partial charge in [0.05, 0.1) is 0 Å². The van der Waals surface area contributed by atoms with E-state index in [0.717, 1.165) is 43.4 Å². The van der Waals surface area contributed by atoms with E-state index in [2.05, 4.69) is 0 Å². The summed E-state index contributed by atoms with van der Waals surface area (Å²) in [5.41, 5.74) is 2.04. The summed E-state index contributed by atoms with van der Waals surface area (Å²) in [6.45, 7) is 2.01. The van der Waals surface area contributed by atoms with Gasteiger partial charge in [0.2, 0.25) is 0 Å². The third-order valence-corrected chi connectivity index (χ3v) is 5.05. The van der Waals surface area contributed by atoms with Crippen molar-refractivity contribution >= 4 is 17.5 Å². The Hall–Kier alpha value is -1.84. The number of anilines is 1. The summed E-state index contributed by atoms with van der Waals surface area (Å²) < 4.78 is 0. The Kier molecular flexibility index (Phi) is 4.19. The maximum atomic E-state index is 12.7. The first-order valence-electron chi connectivity index (χ1n) is 8.28. The van der Waals surface area contributed by atoms with Crippen molar-refractivity contribution in [1.82, 2.24) is 4.90 Å². The van der Waals surface area contributed by atoms with E-state index >= 15 is 0 Å². The lowest BCUT2D eigenvalue weighted by Gasteiger charge is -2.32. The van der Waals surface area contributed by atoms with E-state index in [1.807, 2.05) is 31.2 Å². The molecule has 4 nitrogen and oxygen atoms in total. The molecule has 1 fully saturated rings. The Balaban J connectivity index is 1.77. The maximum Gasteiger partial charge on any atom is 0.316 e. The maximum absolute atomic E-state index is 12.7. The summed E-state index contributed by atoms with van der Waals surface area (Å²) in [5, 5.41) is 0. The summed E-state index contributed by atoms with van der Waals surface area (Å²) >= 11 is 0. The standard InChI is InChI=1S/C18H24N2O2/c1-13-12-14-8-6-7-11-16(14)20(13)18(22)17(21)19(2)15-9-4-3-5-10-15/h6-8,11,13,15H,3-5,9-10,12H2,1-2H3. The van der Waals surface area contributed by atoms with Crippen molar-refractivity contribution in [2.75, 3.05) is 11.9 Å². The van der Waals surface area contributed by atoms with Crippen LogP contribution in [0, 0.1) is 0 Å². The number of carbonyl (C=O) groups is 2. The molecule has 1 aliphatic carbocycles. The molecule has 2 aliphatic rings. The SMILES string of the molecule is CC1Cc2ccccc2N1C(=O)C(=O)N(C)C1CCCCC1. The molecule has 1 aromatic rings. The fourth-order valence-corrected chi connectivity index (χ4v) is 3.76. The summed E-state index contributed by atoms with van der Waals surface area (Å²) in [6.07, 6.45) is 6.40. The van der Waals surface area contributed by atoms with Crippen LogP contribution in [0.4, 0.5) is 5.69 Å². The number of benzene rings is 1. The van der Waals surface area contributed by atoms with Crippen LogP contribution in [0.1, 0.15) is 44.6 Å². The molecule has 0 radical (unpaired) electrons. The van der Waals surface area contributed by atoms with Crippen molar-refractivity contribution in [3.05, 3.63) is 29.8 Å². The molecule has 1 atom stereocenters. The van der Waals surface area contributed by atoms with Crippen LogP contribution in [0.3, 0.4) is 0 Å². The van der Waals surface area contributed by atoms with Crippen LogP contribution < -0.4 is 4.90 Å². The number of amides is 2. The van der Waals surface area contributed by atoms with Gasteiger partial charge in [-0.1, -0.05) is 37.5 Å². The van der Waals surface area contributed by atoms with Crippen LogP contribution in [0.5, 0.6) is 0 Å². The van der Waals surface area contributed by atoms with Gasteiger partial charge in [0, 0.05) is 24.8 Å². The normalized spacial score (nSPS) is 21.5. The first-order valence-corrected chi connectivity index (χ1v) is 8.28. The van der Waals surface area contributed by atoms with Crippen LogP contribution >= 0.6 is 0 Å². The van der Waals surface area contributed by atoms with Crippen molar-refractivity contribution in [3.8, 4) is 0 Å². The first-order chi connectivity index (χ1) is 10.6. The Morgan fingerprint density at radius 2 is 1.82 bits per heavy atom. The minimum absolute atomic E-state index is 0.0496. The minimum Gasteiger partial charge on any atom is -0.335 e. The van der Waals surface area contributed by atoms with Crippen LogP contribution in [0.25, 0.3) is 0 Å². The molecule has 0 spiro atoms. The molecule has 0 bridgehead atoms. The number of hydrogen-bond donors (Lipinski definition) is 0. The molecule has 1 aliphatic heterocycles. The van der Waals surface area contributed by atoms with E-state index in [4.69, 9.17) is 0 Å². The molecule has 22 heavy (non-hydrogen) atoms. The van der Waals surface area contributed by atoms with E-state index in [-0.39, 0.29) is 23.9 Å². The number of rotatable bonds is 1. The zero-order chi connectivity index (χ0) is 15.7. The van der Waals surface area contributed by atoms with Crippen LogP contribution in [0.2, 0.25) is 0 Å². The van der Waals surface area contributed by atoms with Crippen molar-refractivity contribution in [3.63, 3.8) is 0 Å². The zero-order valence-corrected chi connectivity index (χ0v) is 13.4. The van der Waals surface area contributed by atoms with Crippen molar-refractivity contribution < 1.29 is 9.59 Å². The predicted molar refractivity (Wildman–Crippen MR) is 86.7 cm³/mol. The lowest BCUT2D eigenvalue weighted by atomic mass is 9.94. The van der Waals surface area contributed by atoms with E-state index < -0.39 is 0 Å². The number of fused-ring (bicyclic) bond motifs is 1. The van der Waals surface area contributed by atoms with Gasteiger partial charge in [-0.15, -0.1) is 0 Å². The van der Waals surface area contributed by atoms with Crippen molar-refractivity contribution in [1.29, 1.82) is 0 Å². The second-order valence-electron chi connectivity index (χ2n) is 6.56. The largest absolute Gasteiger partial charge is 0.335 e. The molecule has 0 aromatic heterocycles. The lowest BCUT2D eigenvalue weighted by molar-refractivity contribution is -0.145. The topological polar surface area (TPSA) is 40.6 Å². The zero-order valence-electron chi connectivity index (χ0n) is 13.4. The first kappa shape index (κ1) is 15.1. The minimum atomic E-state index is -0.384. The average Bonchev–Trinajstić information content (AvgIpc) is 2.89. The monoisotopic (exact) mass is 300 g/mol. The Morgan fingerprint density at radius 3 is 2.55 bits per heavy atom. The molecular weight excluding hydrogens is 276 g/mol. The summed E-state index contributed by atoms with van der Waals surface area (Å²) in [5.74, 6) is -0.749. The molecule has 0 saturated heterocycles. The number of hydrogen-bond acceptors (Lipinski definition) is 2. The molecule has 0 N–H and O–H groups in total. The van der Waals surface area contributed by atoms with Gasteiger partial charge in [-0.3, -0.25) is 9.59 Å². The third-order valence-electron chi connectivity index (χ3n) is 5.05. The highest BCUT2D eigenvalue weighted by atomic mass is 16.2. The van der Waals surface area contributed by atoms with E-state index in [1.165, 1.54) is 6.42 Å². The molecular formula is C18H24N2O2. The average molecular weight is 300 g/mol. The van der Waals surface area contributed by atoms with E-state index in [9.17, 15) is 9.59 Å². The second kappa shape index (κ2) is 6.11. The summed E-state index contributed by atoms with van der Waals surface area (Å²) in [7, 11) is 1.78. The van der Waals surface area contributed by atoms with Gasteiger partial charge in [-0.2, -0.15) is 0 Å². The van der Waals surface area contributed by atoms with Gasteiger partial charge in [0.25, 0.3) is 0 Å². The van der Waals surface area contributed by atoms with Crippen molar-refractivity contribution in [2.24, 2.45) is 0 Å². The highest BCUT2D eigenvalue weighted by Crippen LogP contribution is 2.32. The number of likely N-dealkylation sites (N-methyl/N-ethyl adjacent to an activating group) is 1. The van der Waals surface area contributed by atoms with E-state index in [1.54, 1.807) is 16.8 Å². The number of carbonyl (C=O) groups excluding carboxylic acids is 2. The molecule has 1 heterocycles. The molecule has 2 amide bonds. The molecule has 4 heteroatoms. The Bertz CT molecular complexity index is 578. The van der Waals surface area contributed by atoms with Gasteiger partial charge >= 0.3 is 11.8 Å². The Morgan fingerprint density at radius 1 is 1.14 bits per heavy atom. The van der Waals surface area contributed by atoms with Crippen LogP contribution in [-0.2, 0) is 16.0 Å². The second-order valence-corrected chi connectivity index (χ2v) is 6.56. The number of nitrogens with zero attached hydrogens (tertiary/aromatic N) is 2. The lowest BCUT2D eigenvalue weighted by Crippen LogP contribution is -2.49. The fourth-order valence-electron chi connectivity index (χ4n) is 3.76. The van der Waals surface area contributed by atoms with Crippen LogP contribution in [-0.4, -0.2) is 35.8 Å². The van der Waals surface area contributed by atoms with Gasteiger partial charge in [0.15, 0.2) is 0 Å². The molecule has 118 valence electrons. The van der Waals surface area contributed by atoms with Crippen molar-refractivity contribution in [2.45, 2.75) is 57.5 Å². The van der Waals surface area contributed by atoms with E-state index in [0.29, 0.717) is 0 Å². The highest BCUT2D eigenvalue weighted by molar-refractivity contribution is 6.40. The van der Waals surface area contributed by atoms with Gasteiger partial charge in [-0.05, 0) is 37.8 Å². The molecule has 1 saturated carbocycles. The third kappa shape index (κ3) is 2.62. The smallest absolute Gasteiger partial charge is 0.316 e. The quantitative estimate of drug-likeness (QED) is 0.748. The number of para-hydroxylation sites is 1. The predicted octanol–water partition coefficient (Wildman–Crippen LogP) is 2.76.